The minimum Gasteiger partial charge on any atom is -0.225 e. The minimum absolute atomic E-state index is 0.0702. The second-order valence-electron chi connectivity index (χ2n) is 3.72. The van der Waals surface area contributed by atoms with Crippen LogP contribution in [0, 0.1) is 0 Å². The summed E-state index contributed by atoms with van der Waals surface area (Å²) in [5, 5.41) is 4.62. The summed E-state index contributed by atoms with van der Waals surface area (Å²) in [4.78, 5) is -0.743. The highest BCUT2D eigenvalue weighted by molar-refractivity contribution is 7.89. The summed E-state index contributed by atoms with van der Waals surface area (Å²) in [7, 11) is -4.32. The molecule has 3 nitrogen and oxygen atoms in total. The lowest BCUT2D eigenvalue weighted by molar-refractivity contribution is -0.348. The zero-order valence-corrected chi connectivity index (χ0v) is 10.1. The lowest BCUT2D eigenvalue weighted by Gasteiger charge is -2.30. The van der Waals surface area contributed by atoms with E-state index in [9.17, 15) is 39.2 Å². The third-order valence-corrected chi connectivity index (χ3v) is 3.29. The Bertz CT molecular complexity index is 574. The summed E-state index contributed by atoms with van der Waals surface area (Å²) in [5.41, 5.74) is -7.39. The Morgan fingerprint density at radius 2 is 1.15 bits per heavy atom. The molecule has 1 rings (SSSR count). The van der Waals surface area contributed by atoms with Crippen molar-refractivity contribution in [3.8, 4) is 0 Å². The second kappa shape index (κ2) is 4.58. The van der Waals surface area contributed by atoms with Gasteiger partial charge < -0.3 is 0 Å². The topological polar surface area (TPSA) is 60.2 Å². The minimum atomic E-state index is -6.26. The van der Waals surface area contributed by atoms with E-state index < -0.39 is 38.5 Å². The molecule has 0 aliphatic rings. The van der Waals surface area contributed by atoms with Crippen molar-refractivity contribution < 1.29 is 39.2 Å². The predicted octanol–water partition coefficient (Wildman–Crippen LogP) is 2.62. The molecule has 114 valence electrons. The molecule has 0 aliphatic carbocycles. The maximum atomic E-state index is 13.5. The SMILES string of the molecule is NS(=O)(=O)c1ccc(C(F)(C(F)(F)F)C(F)(F)F)cc1. The number of hydrogen-bond acceptors (Lipinski definition) is 2. The first-order chi connectivity index (χ1) is 8.71. The molecule has 0 spiro atoms. The average Bonchev–Trinajstić information content (AvgIpc) is 2.24. The zero-order valence-electron chi connectivity index (χ0n) is 9.26. The molecule has 0 unspecified atom stereocenters. The fraction of sp³-hybridized carbons (Fsp3) is 0.333. The van der Waals surface area contributed by atoms with Crippen LogP contribution < -0.4 is 5.14 Å². The first kappa shape index (κ1) is 16.7. The van der Waals surface area contributed by atoms with E-state index in [1.807, 2.05) is 0 Å². The van der Waals surface area contributed by atoms with Gasteiger partial charge >= 0.3 is 18.0 Å². The number of hydrogen-bond donors (Lipinski definition) is 1. The van der Waals surface area contributed by atoms with Crippen molar-refractivity contribution in [3.63, 3.8) is 0 Å². The van der Waals surface area contributed by atoms with Gasteiger partial charge in [-0.15, -0.1) is 0 Å². The maximum absolute atomic E-state index is 13.5. The molecule has 0 radical (unpaired) electrons. The molecule has 0 saturated heterocycles. The molecule has 2 N–H and O–H groups in total. The van der Waals surface area contributed by atoms with Crippen LogP contribution in [0.3, 0.4) is 0 Å². The number of benzene rings is 1. The third kappa shape index (κ3) is 2.73. The monoisotopic (exact) mass is 325 g/mol. The van der Waals surface area contributed by atoms with E-state index in [4.69, 9.17) is 0 Å². The first-order valence-electron chi connectivity index (χ1n) is 4.67. The number of alkyl halides is 7. The quantitative estimate of drug-likeness (QED) is 0.850. The molecule has 11 heteroatoms. The van der Waals surface area contributed by atoms with Crippen molar-refractivity contribution in [1.29, 1.82) is 0 Å². The molecule has 0 bridgehead atoms. The van der Waals surface area contributed by atoms with Crippen molar-refractivity contribution >= 4 is 10.0 Å². The van der Waals surface area contributed by atoms with Crippen LogP contribution in [0.25, 0.3) is 0 Å². The van der Waals surface area contributed by atoms with E-state index in [0.29, 0.717) is 12.1 Å². The van der Waals surface area contributed by atoms with E-state index in [0.717, 1.165) is 0 Å². The molecule has 1 aromatic rings. The molecule has 20 heavy (non-hydrogen) atoms. The van der Waals surface area contributed by atoms with Crippen LogP contribution in [0.15, 0.2) is 29.2 Å². The third-order valence-electron chi connectivity index (χ3n) is 2.36. The van der Waals surface area contributed by atoms with Gasteiger partial charge in [0.05, 0.1) is 4.90 Å². The molecule has 1 aromatic carbocycles. The Morgan fingerprint density at radius 1 is 0.800 bits per heavy atom. The molecular formula is C9H6F7NO2S. The number of sulfonamides is 1. The lowest BCUT2D eigenvalue weighted by Crippen LogP contribution is -2.50. The van der Waals surface area contributed by atoms with Crippen molar-refractivity contribution in [2.45, 2.75) is 22.9 Å². The van der Waals surface area contributed by atoms with E-state index >= 15 is 0 Å². The highest BCUT2D eigenvalue weighted by Crippen LogP contribution is 2.53. The van der Waals surface area contributed by atoms with Crippen molar-refractivity contribution in [3.05, 3.63) is 29.8 Å². The molecule has 0 fully saturated rings. The summed E-state index contributed by atoms with van der Waals surface area (Å²) < 4.78 is 109. The molecule has 0 aromatic heterocycles. The summed E-state index contributed by atoms with van der Waals surface area (Å²) >= 11 is 0. The van der Waals surface area contributed by atoms with Crippen LogP contribution >= 0.6 is 0 Å². The highest BCUT2D eigenvalue weighted by atomic mass is 32.2. The summed E-state index contributed by atoms with van der Waals surface area (Å²) in [6.07, 6.45) is -12.5. The van der Waals surface area contributed by atoms with Gasteiger partial charge in [-0.3, -0.25) is 0 Å². The molecule has 0 heterocycles. The first-order valence-corrected chi connectivity index (χ1v) is 6.21. The van der Waals surface area contributed by atoms with Crippen LogP contribution in [0.4, 0.5) is 30.7 Å². The molecular weight excluding hydrogens is 319 g/mol. The zero-order chi connectivity index (χ0) is 16.0. The Morgan fingerprint density at radius 3 is 1.40 bits per heavy atom. The molecule has 0 saturated carbocycles. The predicted molar refractivity (Wildman–Crippen MR) is 52.7 cm³/mol. The van der Waals surface area contributed by atoms with Crippen molar-refractivity contribution in [2.24, 2.45) is 5.14 Å². The van der Waals surface area contributed by atoms with Crippen LogP contribution in [0.1, 0.15) is 5.56 Å². The van der Waals surface area contributed by atoms with Gasteiger partial charge in [-0.25, -0.2) is 17.9 Å². The molecule has 0 aliphatic heterocycles. The number of rotatable bonds is 2. The summed E-state index contributed by atoms with van der Waals surface area (Å²) in [6.45, 7) is 0. The smallest absolute Gasteiger partial charge is 0.225 e. The number of nitrogens with two attached hydrogens (primary N) is 1. The van der Waals surface area contributed by atoms with Gasteiger partial charge in [-0.1, -0.05) is 12.1 Å². The van der Waals surface area contributed by atoms with Crippen molar-refractivity contribution in [1.82, 2.24) is 0 Å². The van der Waals surface area contributed by atoms with Crippen LogP contribution in [0.5, 0.6) is 0 Å². The Labute approximate surface area is 108 Å². The van der Waals surface area contributed by atoms with Gasteiger partial charge in [0, 0.05) is 5.56 Å². The van der Waals surface area contributed by atoms with Crippen LogP contribution in [0.2, 0.25) is 0 Å². The Hall–Kier alpha value is -1.36. The van der Waals surface area contributed by atoms with Gasteiger partial charge in [0.2, 0.25) is 10.0 Å². The molecule has 0 amide bonds. The summed E-state index contributed by atoms with van der Waals surface area (Å²) in [6, 6.07) is 0.856. The molecule has 0 atom stereocenters. The standard InChI is InChI=1S/C9H6F7NO2S/c10-7(8(11,12)13,9(14,15)16)5-1-3-6(4-2-5)20(17,18)19/h1-4H,(H2,17,18,19). The maximum Gasteiger partial charge on any atom is 0.435 e. The average molecular weight is 325 g/mol. The van der Waals surface area contributed by atoms with E-state index in [1.165, 1.54) is 0 Å². The van der Waals surface area contributed by atoms with Gasteiger partial charge in [0.15, 0.2) is 0 Å². The second-order valence-corrected chi connectivity index (χ2v) is 5.28. The normalized spacial score (nSPS) is 14.4. The van der Waals surface area contributed by atoms with Crippen LogP contribution in [-0.4, -0.2) is 20.8 Å². The fourth-order valence-electron chi connectivity index (χ4n) is 1.36. The summed E-state index contributed by atoms with van der Waals surface area (Å²) in [5.74, 6) is 0. The van der Waals surface area contributed by atoms with Gasteiger partial charge in [0.1, 0.15) is 0 Å². The van der Waals surface area contributed by atoms with Crippen LogP contribution in [-0.2, 0) is 15.7 Å². The Kier molecular flexibility index (Phi) is 3.83. The van der Waals surface area contributed by atoms with Gasteiger partial charge in [0.25, 0.3) is 0 Å². The number of primary sulfonamides is 1. The van der Waals surface area contributed by atoms with E-state index in [1.54, 1.807) is 0 Å². The van der Waals surface area contributed by atoms with Gasteiger partial charge in [-0.05, 0) is 12.1 Å². The highest BCUT2D eigenvalue weighted by Gasteiger charge is 2.73. The Balaban J connectivity index is 3.47. The lowest BCUT2D eigenvalue weighted by atomic mass is 9.94. The van der Waals surface area contributed by atoms with E-state index in [-0.39, 0.29) is 12.1 Å². The largest absolute Gasteiger partial charge is 0.435 e. The number of halogens is 7. The van der Waals surface area contributed by atoms with E-state index in [2.05, 4.69) is 5.14 Å². The van der Waals surface area contributed by atoms with Gasteiger partial charge in [-0.2, -0.15) is 26.3 Å². The van der Waals surface area contributed by atoms with Crippen molar-refractivity contribution in [2.75, 3.05) is 0 Å². The fourth-order valence-corrected chi connectivity index (χ4v) is 1.88.